The molecule has 0 spiro atoms. The maximum Gasteiger partial charge on any atom is 0.176 e. The Bertz CT molecular complexity index is 261. The molecule has 0 fully saturated rings. The van der Waals surface area contributed by atoms with Gasteiger partial charge in [0.1, 0.15) is 0 Å². The van der Waals surface area contributed by atoms with E-state index in [-0.39, 0.29) is 0 Å². The number of nitriles is 1. The van der Waals surface area contributed by atoms with Crippen molar-refractivity contribution >= 4 is 0 Å². The van der Waals surface area contributed by atoms with E-state index in [1.165, 1.54) is 5.56 Å². The number of nitrogens with zero attached hydrogens (tertiary/aromatic N) is 1. The molecule has 0 heterocycles. The molecule has 0 amide bonds. The summed E-state index contributed by atoms with van der Waals surface area (Å²) in [5.41, 5.74) is 1.37. The van der Waals surface area contributed by atoms with Gasteiger partial charge in [-0.15, -0.1) is 0 Å². The highest BCUT2D eigenvalue weighted by Gasteiger charge is 1.91. The molecule has 1 aromatic rings. The molecule has 0 saturated carbocycles. The Hall–Kier alpha value is -1.49. The molecule has 0 unspecified atom stereocenters. The molecule has 2 nitrogen and oxygen atoms in total. The minimum absolute atomic E-state index is 0.795. The smallest absolute Gasteiger partial charge is 0.176 e. The van der Waals surface area contributed by atoms with Crippen molar-refractivity contribution in [3.8, 4) is 6.19 Å². The molecule has 0 atom stereocenters. The Balaban J connectivity index is 2.11. The second-order valence-corrected chi connectivity index (χ2v) is 2.98. The Morgan fingerprint density at radius 3 is 2.62 bits per heavy atom. The maximum atomic E-state index is 8.22. The van der Waals surface area contributed by atoms with Gasteiger partial charge in [-0.05, 0) is 24.8 Å². The first-order valence-corrected chi connectivity index (χ1v) is 4.59. The normalized spacial score (nSPS) is 9.15. The lowest BCUT2D eigenvalue weighted by Crippen LogP contribution is -2.06. The summed E-state index contributed by atoms with van der Waals surface area (Å²) in [6.07, 6.45) is 5.22. The van der Waals surface area contributed by atoms with Crippen molar-refractivity contribution in [1.82, 2.24) is 5.32 Å². The summed E-state index contributed by atoms with van der Waals surface area (Å²) < 4.78 is 0. The van der Waals surface area contributed by atoms with Crippen molar-refractivity contribution in [2.45, 2.75) is 19.3 Å². The van der Waals surface area contributed by atoms with Crippen LogP contribution in [0, 0.1) is 11.5 Å². The highest BCUT2D eigenvalue weighted by atomic mass is 14.8. The minimum Gasteiger partial charge on any atom is -0.324 e. The first-order chi connectivity index (χ1) is 6.43. The van der Waals surface area contributed by atoms with Crippen molar-refractivity contribution in [2.75, 3.05) is 6.54 Å². The summed E-state index contributed by atoms with van der Waals surface area (Å²) in [5, 5.41) is 10.9. The fraction of sp³-hybridized carbons (Fsp3) is 0.364. The molecule has 0 aliphatic heterocycles. The van der Waals surface area contributed by atoms with E-state index in [0.717, 1.165) is 25.8 Å². The van der Waals surface area contributed by atoms with Gasteiger partial charge < -0.3 is 5.32 Å². The van der Waals surface area contributed by atoms with Gasteiger partial charge in [-0.3, -0.25) is 0 Å². The maximum absolute atomic E-state index is 8.22. The van der Waals surface area contributed by atoms with Gasteiger partial charge in [-0.1, -0.05) is 30.3 Å². The second kappa shape index (κ2) is 6.07. The highest BCUT2D eigenvalue weighted by Crippen LogP contribution is 2.03. The molecule has 13 heavy (non-hydrogen) atoms. The molecular formula is C11H14N2. The molecule has 0 aliphatic carbocycles. The predicted molar refractivity (Wildman–Crippen MR) is 53.0 cm³/mol. The van der Waals surface area contributed by atoms with Crippen LogP contribution in [-0.4, -0.2) is 6.54 Å². The van der Waals surface area contributed by atoms with E-state index in [1.54, 1.807) is 0 Å². The molecule has 0 bridgehead atoms. The van der Waals surface area contributed by atoms with Crippen molar-refractivity contribution < 1.29 is 0 Å². The molecular weight excluding hydrogens is 160 g/mol. The van der Waals surface area contributed by atoms with E-state index in [0.29, 0.717) is 0 Å². The Morgan fingerprint density at radius 1 is 1.15 bits per heavy atom. The average molecular weight is 174 g/mol. The number of benzene rings is 1. The molecule has 1 aromatic carbocycles. The number of aryl methyl sites for hydroxylation is 1. The van der Waals surface area contributed by atoms with Gasteiger partial charge >= 0.3 is 0 Å². The lowest BCUT2D eigenvalue weighted by molar-refractivity contribution is 0.700. The number of unbranched alkanes of at least 4 members (excludes halogenated alkanes) is 1. The fourth-order valence-corrected chi connectivity index (χ4v) is 1.24. The quantitative estimate of drug-likeness (QED) is 0.421. The molecule has 0 saturated heterocycles. The zero-order valence-corrected chi connectivity index (χ0v) is 7.66. The summed E-state index contributed by atoms with van der Waals surface area (Å²) >= 11 is 0. The van der Waals surface area contributed by atoms with Gasteiger partial charge in [0.2, 0.25) is 0 Å². The number of hydrogen-bond acceptors (Lipinski definition) is 2. The summed E-state index contributed by atoms with van der Waals surface area (Å²) in [5.74, 6) is 0. The predicted octanol–water partition coefficient (Wildman–Crippen LogP) is 2.08. The topological polar surface area (TPSA) is 35.8 Å². The van der Waals surface area contributed by atoms with E-state index in [9.17, 15) is 0 Å². The second-order valence-electron chi connectivity index (χ2n) is 2.98. The summed E-state index contributed by atoms with van der Waals surface area (Å²) in [6.45, 7) is 0.795. The fourth-order valence-electron chi connectivity index (χ4n) is 1.24. The van der Waals surface area contributed by atoms with E-state index in [2.05, 4.69) is 29.6 Å². The molecule has 1 rings (SSSR count). The first-order valence-electron chi connectivity index (χ1n) is 4.59. The van der Waals surface area contributed by atoms with Crippen LogP contribution in [0.25, 0.3) is 0 Å². The lowest BCUT2D eigenvalue weighted by Gasteiger charge is -1.99. The zero-order valence-electron chi connectivity index (χ0n) is 7.66. The molecule has 68 valence electrons. The van der Waals surface area contributed by atoms with Crippen LogP contribution in [0.4, 0.5) is 0 Å². The largest absolute Gasteiger partial charge is 0.324 e. The van der Waals surface area contributed by atoms with Crippen molar-refractivity contribution in [3.63, 3.8) is 0 Å². The average Bonchev–Trinajstić information content (AvgIpc) is 2.19. The van der Waals surface area contributed by atoms with Crippen molar-refractivity contribution in [1.29, 1.82) is 5.26 Å². The van der Waals surface area contributed by atoms with Crippen LogP contribution in [0.15, 0.2) is 30.3 Å². The lowest BCUT2D eigenvalue weighted by atomic mass is 10.1. The van der Waals surface area contributed by atoms with Crippen LogP contribution in [0.1, 0.15) is 18.4 Å². The van der Waals surface area contributed by atoms with Crippen LogP contribution in [0.5, 0.6) is 0 Å². The van der Waals surface area contributed by atoms with E-state index in [1.807, 2.05) is 12.3 Å². The summed E-state index contributed by atoms with van der Waals surface area (Å²) in [4.78, 5) is 0. The number of nitrogens with one attached hydrogen (secondary N) is 1. The Morgan fingerprint density at radius 2 is 1.92 bits per heavy atom. The van der Waals surface area contributed by atoms with Gasteiger partial charge in [-0.25, -0.2) is 0 Å². The van der Waals surface area contributed by atoms with Crippen molar-refractivity contribution in [3.05, 3.63) is 35.9 Å². The Labute approximate surface area is 79.2 Å². The summed E-state index contributed by atoms with van der Waals surface area (Å²) in [6, 6.07) is 10.4. The van der Waals surface area contributed by atoms with Crippen LogP contribution < -0.4 is 5.32 Å². The van der Waals surface area contributed by atoms with Gasteiger partial charge in [0, 0.05) is 6.54 Å². The molecule has 2 heteroatoms. The Kier molecular flexibility index (Phi) is 4.48. The van der Waals surface area contributed by atoms with Crippen LogP contribution in [-0.2, 0) is 6.42 Å². The standard InChI is InChI=1S/C11H14N2/c12-10-13-9-5-4-8-11-6-2-1-3-7-11/h1-3,6-7,13H,4-5,8-9H2. The monoisotopic (exact) mass is 174 g/mol. The third kappa shape index (κ3) is 4.17. The zero-order chi connectivity index (χ0) is 9.36. The van der Waals surface area contributed by atoms with Gasteiger partial charge in [0.15, 0.2) is 6.19 Å². The van der Waals surface area contributed by atoms with E-state index in [4.69, 9.17) is 5.26 Å². The van der Waals surface area contributed by atoms with Crippen LogP contribution in [0.3, 0.4) is 0 Å². The molecule has 1 N–H and O–H groups in total. The van der Waals surface area contributed by atoms with Gasteiger partial charge in [0.25, 0.3) is 0 Å². The highest BCUT2D eigenvalue weighted by molar-refractivity contribution is 5.14. The third-order valence-corrected chi connectivity index (χ3v) is 1.94. The number of hydrogen-bond donors (Lipinski definition) is 1. The third-order valence-electron chi connectivity index (χ3n) is 1.94. The van der Waals surface area contributed by atoms with Crippen LogP contribution >= 0.6 is 0 Å². The van der Waals surface area contributed by atoms with E-state index < -0.39 is 0 Å². The van der Waals surface area contributed by atoms with E-state index >= 15 is 0 Å². The SMILES string of the molecule is N#CNCCCCc1ccccc1. The van der Waals surface area contributed by atoms with Crippen molar-refractivity contribution in [2.24, 2.45) is 0 Å². The number of rotatable bonds is 5. The molecule has 0 radical (unpaired) electrons. The first kappa shape index (κ1) is 9.60. The van der Waals surface area contributed by atoms with Gasteiger partial charge in [0.05, 0.1) is 0 Å². The minimum atomic E-state index is 0.795. The molecule has 0 aliphatic rings. The van der Waals surface area contributed by atoms with Gasteiger partial charge in [-0.2, -0.15) is 5.26 Å². The summed E-state index contributed by atoms with van der Waals surface area (Å²) in [7, 11) is 0. The van der Waals surface area contributed by atoms with Crippen LogP contribution in [0.2, 0.25) is 0 Å². The molecule has 0 aromatic heterocycles.